The highest BCUT2D eigenvalue weighted by atomic mass is 35.5. The number of benzene rings is 1. The van der Waals surface area contributed by atoms with Crippen molar-refractivity contribution in [3.63, 3.8) is 0 Å². The van der Waals surface area contributed by atoms with Crippen LogP contribution in [0.3, 0.4) is 0 Å². The van der Waals surface area contributed by atoms with Crippen molar-refractivity contribution in [1.29, 1.82) is 0 Å². The number of rotatable bonds is 5. The zero-order valence-electron chi connectivity index (χ0n) is 10.1. The molecule has 98 valence electrons. The Kier molecular flexibility index (Phi) is 4.97. The zero-order chi connectivity index (χ0) is 13.7. The minimum atomic E-state index is -1.03. The van der Waals surface area contributed by atoms with Gasteiger partial charge in [0.05, 0.1) is 19.6 Å². The van der Waals surface area contributed by atoms with Gasteiger partial charge in [-0.1, -0.05) is 17.7 Å². The summed E-state index contributed by atoms with van der Waals surface area (Å²) >= 11 is 6.05. The maximum absolute atomic E-state index is 11.1. The summed E-state index contributed by atoms with van der Waals surface area (Å²) in [6, 6.07) is 4.26. The Labute approximate surface area is 110 Å². The maximum atomic E-state index is 11.1. The van der Waals surface area contributed by atoms with Crippen molar-refractivity contribution in [2.75, 3.05) is 7.11 Å². The Morgan fingerprint density at radius 3 is 2.67 bits per heavy atom. The van der Waals surface area contributed by atoms with Gasteiger partial charge < -0.3 is 15.2 Å². The summed E-state index contributed by atoms with van der Waals surface area (Å²) in [5, 5.41) is 11.8. The second-order valence-corrected chi connectivity index (χ2v) is 4.11. The quantitative estimate of drug-likeness (QED) is 0.859. The fourth-order valence-electron chi connectivity index (χ4n) is 1.68. The number of amides is 1. The summed E-state index contributed by atoms with van der Waals surface area (Å²) < 4.78 is 5.14. The van der Waals surface area contributed by atoms with Crippen molar-refractivity contribution in [2.24, 2.45) is 0 Å². The Bertz CT molecular complexity index is 445. The molecular formula is C12H14ClNO4. The van der Waals surface area contributed by atoms with Crippen molar-refractivity contribution in [1.82, 2.24) is 5.32 Å². The molecule has 1 aromatic rings. The summed E-state index contributed by atoms with van der Waals surface area (Å²) in [6.07, 6.45) is -0.264. The molecule has 0 bridgehead atoms. The van der Waals surface area contributed by atoms with E-state index in [1.807, 2.05) is 0 Å². The number of aliphatic carboxylic acids is 1. The summed E-state index contributed by atoms with van der Waals surface area (Å²) in [6.45, 7) is 1.32. The molecule has 5 nitrogen and oxygen atoms in total. The summed E-state index contributed by atoms with van der Waals surface area (Å²) in [5.74, 6) is -0.915. The number of halogens is 1. The third-order valence-corrected chi connectivity index (χ3v) is 2.67. The van der Waals surface area contributed by atoms with E-state index in [2.05, 4.69) is 5.32 Å². The molecular weight excluding hydrogens is 258 g/mol. The lowest BCUT2D eigenvalue weighted by atomic mass is 10.0. The van der Waals surface area contributed by atoms with Crippen LogP contribution in [0.15, 0.2) is 18.2 Å². The lowest BCUT2D eigenvalue weighted by molar-refractivity contribution is -0.137. The lowest BCUT2D eigenvalue weighted by Crippen LogP contribution is -2.28. The van der Waals surface area contributed by atoms with Crippen LogP contribution in [0.5, 0.6) is 5.75 Å². The highest BCUT2D eigenvalue weighted by Gasteiger charge is 2.22. The first-order valence-electron chi connectivity index (χ1n) is 5.27. The molecule has 0 fully saturated rings. The Morgan fingerprint density at radius 1 is 1.50 bits per heavy atom. The van der Waals surface area contributed by atoms with E-state index in [4.69, 9.17) is 21.4 Å². The minimum Gasteiger partial charge on any atom is -0.496 e. The molecule has 0 unspecified atom stereocenters. The van der Waals surface area contributed by atoms with Crippen LogP contribution < -0.4 is 10.1 Å². The van der Waals surface area contributed by atoms with Crippen LogP contribution in [0.25, 0.3) is 0 Å². The molecule has 1 aromatic carbocycles. The molecule has 1 rings (SSSR count). The number of hydrogen-bond acceptors (Lipinski definition) is 3. The third-order valence-electron chi connectivity index (χ3n) is 2.34. The van der Waals surface area contributed by atoms with E-state index in [1.54, 1.807) is 18.2 Å². The highest BCUT2D eigenvalue weighted by Crippen LogP contribution is 2.33. The van der Waals surface area contributed by atoms with Gasteiger partial charge in [0.25, 0.3) is 0 Å². The number of nitrogens with one attached hydrogen (secondary N) is 1. The van der Waals surface area contributed by atoms with E-state index in [-0.39, 0.29) is 12.3 Å². The summed E-state index contributed by atoms with van der Waals surface area (Å²) in [4.78, 5) is 22.0. The number of hydrogen-bond donors (Lipinski definition) is 2. The van der Waals surface area contributed by atoms with Crippen molar-refractivity contribution in [3.05, 3.63) is 28.8 Å². The van der Waals surface area contributed by atoms with Gasteiger partial charge in [0.15, 0.2) is 0 Å². The second kappa shape index (κ2) is 6.26. The smallest absolute Gasteiger partial charge is 0.305 e. The summed E-state index contributed by atoms with van der Waals surface area (Å²) in [7, 11) is 1.46. The van der Waals surface area contributed by atoms with Gasteiger partial charge in [-0.25, -0.2) is 0 Å². The van der Waals surface area contributed by atoms with Gasteiger partial charge in [-0.05, 0) is 12.1 Å². The molecule has 1 amide bonds. The lowest BCUT2D eigenvalue weighted by Gasteiger charge is -2.20. The molecule has 6 heteroatoms. The standard InChI is InChI=1S/C12H14ClNO4/c1-7(15)14-9(6-11(16)17)12-8(13)4-3-5-10(12)18-2/h3-5,9H,6H2,1-2H3,(H,14,15)(H,16,17)/t9-/m1/s1. The first-order chi connectivity index (χ1) is 8.45. The first kappa shape index (κ1) is 14.3. The average molecular weight is 272 g/mol. The number of carbonyl (C=O) groups is 2. The Morgan fingerprint density at radius 2 is 2.17 bits per heavy atom. The molecule has 0 saturated heterocycles. The average Bonchev–Trinajstić information content (AvgIpc) is 2.26. The van der Waals surface area contributed by atoms with E-state index in [9.17, 15) is 9.59 Å². The molecule has 18 heavy (non-hydrogen) atoms. The van der Waals surface area contributed by atoms with Gasteiger partial charge in [-0.15, -0.1) is 0 Å². The van der Waals surface area contributed by atoms with Crippen LogP contribution in [-0.2, 0) is 9.59 Å². The SMILES string of the molecule is COc1cccc(Cl)c1[C@@H](CC(=O)O)NC(C)=O. The number of carbonyl (C=O) groups excluding carboxylic acids is 1. The van der Waals surface area contributed by atoms with E-state index < -0.39 is 12.0 Å². The molecule has 0 heterocycles. The zero-order valence-corrected chi connectivity index (χ0v) is 10.8. The molecule has 1 atom stereocenters. The van der Waals surface area contributed by atoms with Crippen molar-refractivity contribution >= 4 is 23.5 Å². The fraction of sp³-hybridized carbons (Fsp3) is 0.333. The van der Waals surface area contributed by atoms with Gasteiger partial charge in [-0.2, -0.15) is 0 Å². The van der Waals surface area contributed by atoms with Crippen LogP contribution in [0, 0.1) is 0 Å². The van der Waals surface area contributed by atoms with Crippen LogP contribution in [0.2, 0.25) is 5.02 Å². The van der Waals surface area contributed by atoms with Crippen LogP contribution in [0.1, 0.15) is 24.9 Å². The van der Waals surface area contributed by atoms with Gasteiger partial charge in [0.1, 0.15) is 5.75 Å². The van der Waals surface area contributed by atoms with Gasteiger partial charge >= 0.3 is 5.97 Å². The van der Waals surface area contributed by atoms with E-state index >= 15 is 0 Å². The summed E-state index contributed by atoms with van der Waals surface area (Å²) in [5.41, 5.74) is 0.472. The molecule has 0 saturated carbocycles. The van der Waals surface area contributed by atoms with E-state index in [0.717, 1.165) is 0 Å². The largest absolute Gasteiger partial charge is 0.496 e. The Balaban J connectivity index is 3.18. The van der Waals surface area contributed by atoms with Crippen molar-refractivity contribution in [3.8, 4) is 5.75 Å². The normalized spacial score (nSPS) is 11.7. The predicted molar refractivity (Wildman–Crippen MR) is 66.8 cm³/mol. The highest BCUT2D eigenvalue weighted by molar-refractivity contribution is 6.31. The fourth-order valence-corrected chi connectivity index (χ4v) is 1.98. The number of methoxy groups -OCH3 is 1. The van der Waals surface area contributed by atoms with E-state index in [0.29, 0.717) is 16.3 Å². The minimum absolute atomic E-state index is 0.264. The van der Waals surface area contributed by atoms with Crippen LogP contribution in [0.4, 0.5) is 0 Å². The number of ether oxygens (including phenoxy) is 1. The molecule has 0 aliphatic heterocycles. The number of carboxylic acid groups (broad SMARTS) is 1. The first-order valence-corrected chi connectivity index (χ1v) is 5.64. The Hall–Kier alpha value is -1.75. The maximum Gasteiger partial charge on any atom is 0.305 e. The molecule has 0 aliphatic rings. The molecule has 0 aromatic heterocycles. The van der Waals surface area contributed by atoms with Gasteiger partial charge in [0.2, 0.25) is 5.91 Å². The van der Waals surface area contributed by atoms with Crippen LogP contribution >= 0.6 is 11.6 Å². The van der Waals surface area contributed by atoms with Crippen molar-refractivity contribution < 1.29 is 19.4 Å². The molecule has 0 radical (unpaired) electrons. The van der Waals surface area contributed by atoms with Gasteiger partial charge in [-0.3, -0.25) is 9.59 Å². The molecule has 0 aliphatic carbocycles. The topological polar surface area (TPSA) is 75.6 Å². The third kappa shape index (κ3) is 3.63. The monoisotopic (exact) mass is 271 g/mol. The number of carboxylic acids is 1. The molecule has 2 N–H and O–H groups in total. The van der Waals surface area contributed by atoms with Crippen molar-refractivity contribution in [2.45, 2.75) is 19.4 Å². The molecule has 0 spiro atoms. The van der Waals surface area contributed by atoms with Crippen LogP contribution in [-0.4, -0.2) is 24.1 Å². The van der Waals surface area contributed by atoms with E-state index in [1.165, 1.54) is 14.0 Å². The second-order valence-electron chi connectivity index (χ2n) is 3.71. The predicted octanol–water partition coefficient (Wildman–Crippen LogP) is 2.00. The van der Waals surface area contributed by atoms with Gasteiger partial charge in [0, 0.05) is 17.5 Å².